The minimum atomic E-state index is -0.638. The Morgan fingerprint density at radius 1 is 1.17 bits per heavy atom. The summed E-state index contributed by atoms with van der Waals surface area (Å²) in [5.74, 6) is -0.370. The molecule has 0 bridgehead atoms. The van der Waals surface area contributed by atoms with E-state index in [1.54, 1.807) is 30.3 Å². The van der Waals surface area contributed by atoms with Gasteiger partial charge in [0.2, 0.25) is 0 Å². The first-order valence-electron chi connectivity index (χ1n) is 5.30. The molecule has 0 aliphatic heterocycles. The van der Waals surface area contributed by atoms with E-state index in [1.165, 1.54) is 12.1 Å². The highest BCUT2D eigenvalue weighted by Gasteiger charge is 2.15. The lowest BCUT2D eigenvalue weighted by Crippen LogP contribution is -1.92. The Hall–Kier alpha value is -2.40. The zero-order valence-corrected chi connectivity index (χ0v) is 9.41. The molecular formula is C13H11NO4. The molecule has 5 heteroatoms. The van der Waals surface area contributed by atoms with Crippen LogP contribution in [0.25, 0.3) is 11.1 Å². The Morgan fingerprint density at radius 3 is 2.56 bits per heavy atom. The van der Waals surface area contributed by atoms with Gasteiger partial charge in [-0.15, -0.1) is 0 Å². The second-order valence-electron chi connectivity index (χ2n) is 3.78. The van der Waals surface area contributed by atoms with Crippen LogP contribution in [-0.4, -0.2) is 15.1 Å². The van der Waals surface area contributed by atoms with Crippen molar-refractivity contribution in [1.82, 2.24) is 0 Å². The van der Waals surface area contributed by atoms with Gasteiger partial charge < -0.3 is 10.2 Å². The van der Waals surface area contributed by atoms with Crippen molar-refractivity contribution in [2.45, 2.75) is 6.61 Å². The molecule has 0 aliphatic rings. The number of nitrogens with zero attached hydrogens (tertiary/aromatic N) is 1. The fraction of sp³-hybridized carbons (Fsp3) is 0.0769. The van der Waals surface area contributed by atoms with Gasteiger partial charge in [0.25, 0.3) is 0 Å². The van der Waals surface area contributed by atoms with E-state index in [1.807, 2.05) is 0 Å². The summed E-state index contributed by atoms with van der Waals surface area (Å²) < 4.78 is 0. The van der Waals surface area contributed by atoms with Crippen LogP contribution >= 0.6 is 0 Å². The highest BCUT2D eigenvalue weighted by Crippen LogP contribution is 2.32. The second-order valence-corrected chi connectivity index (χ2v) is 3.78. The molecular weight excluding hydrogens is 234 g/mol. The first-order chi connectivity index (χ1) is 8.63. The number of phenols is 1. The van der Waals surface area contributed by atoms with Crippen molar-refractivity contribution in [1.29, 1.82) is 0 Å². The third kappa shape index (κ3) is 2.16. The molecule has 2 aromatic rings. The van der Waals surface area contributed by atoms with Crippen molar-refractivity contribution in [3.05, 3.63) is 58.1 Å². The van der Waals surface area contributed by atoms with Crippen LogP contribution in [0.2, 0.25) is 0 Å². The minimum absolute atomic E-state index is 0.148. The Morgan fingerprint density at radius 2 is 1.89 bits per heavy atom. The molecule has 0 atom stereocenters. The zero-order valence-electron chi connectivity index (χ0n) is 9.41. The molecule has 0 heterocycles. The summed E-state index contributed by atoms with van der Waals surface area (Å²) in [6.45, 7) is -0.148. The summed E-state index contributed by atoms with van der Waals surface area (Å²) in [6, 6.07) is 11.2. The van der Waals surface area contributed by atoms with Gasteiger partial charge in [0, 0.05) is 6.07 Å². The Bertz CT molecular complexity index is 595. The van der Waals surface area contributed by atoms with Crippen LogP contribution in [-0.2, 0) is 6.61 Å². The molecule has 0 aromatic heterocycles. The van der Waals surface area contributed by atoms with Gasteiger partial charge in [0.05, 0.1) is 11.5 Å². The standard InChI is InChI=1S/C13H11NO4/c15-8-10-3-1-2-4-11(10)9-5-6-13(16)12(7-9)14(17)18/h1-7,15-16H,8H2. The van der Waals surface area contributed by atoms with Crippen LogP contribution in [0.3, 0.4) is 0 Å². The zero-order chi connectivity index (χ0) is 13.1. The number of hydrogen-bond donors (Lipinski definition) is 2. The SMILES string of the molecule is O=[N+]([O-])c1cc(-c2ccccc2CO)ccc1O. The molecule has 92 valence electrons. The van der Waals surface area contributed by atoms with Crippen LogP contribution in [0.4, 0.5) is 5.69 Å². The van der Waals surface area contributed by atoms with Crippen molar-refractivity contribution >= 4 is 5.69 Å². The Balaban J connectivity index is 2.58. The molecule has 2 N–H and O–H groups in total. The Kier molecular flexibility index (Phi) is 3.25. The van der Waals surface area contributed by atoms with Crippen LogP contribution in [0.5, 0.6) is 5.75 Å². The van der Waals surface area contributed by atoms with Gasteiger partial charge in [-0.25, -0.2) is 0 Å². The molecule has 18 heavy (non-hydrogen) atoms. The first kappa shape index (κ1) is 12.1. The molecule has 5 nitrogen and oxygen atoms in total. The number of benzene rings is 2. The predicted octanol–water partition coefficient (Wildman–Crippen LogP) is 2.46. The van der Waals surface area contributed by atoms with Crippen LogP contribution in [0, 0.1) is 10.1 Å². The van der Waals surface area contributed by atoms with E-state index < -0.39 is 4.92 Å². The van der Waals surface area contributed by atoms with Crippen molar-refractivity contribution < 1.29 is 15.1 Å². The average Bonchev–Trinajstić information content (AvgIpc) is 2.39. The fourth-order valence-corrected chi connectivity index (χ4v) is 1.78. The van der Waals surface area contributed by atoms with Crippen LogP contribution < -0.4 is 0 Å². The van der Waals surface area contributed by atoms with E-state index in [-0.39, 0.29) is 18.0 Å². The van der Waals surface area contributed by atoms with E-state index in [4.69, 9.17) is 0 Å². The average molecular weight is 245 g/mol. The number of aliphatic hydroxyl groups excluding tert-OH is 1. The quantitative estimate of drug-likeness (QED) is 0.642. The number of aliphatic hydroxyl groups is 1. The molecule has 0 saturated carbocycles. The summed E-state index contributed by atoms with van der Waals surface area (Å²) in [5.41, 5.74) is 1.63. The molecule has 0 radical (unpaired) electrons. The van der Waals surface area contributed by atoms with E-state index in [9.17, 15) is 20.3 Å². The molecule has 0 aliphatic carbocycles. The Labute approximate surface area is 103 Å². The normalized spacial score (nSPS) is 10.3. The lowest BCUT2D eigenvalue weighted by atomic mass is 9.99. The number of phenolic OH excluding ortho intramolecular Hbond substituents is 1. The van der Waals surface area contributed by atoms with Gasteiger partial charge in [-0.2, -0.15) is 0 Å². The maximum absolute atomic E-state index is 10.8. The highest BCUT2D eigenvalue weighted by atomic mass is 16.6. The van der Waals surface area contributed by atoms with E-state index in [0.717, 1.165) is 0 Å². The van der Waals surface area contributed by atoms with Gasteiger partial charge in [-0.1, -0.05) is 30.3 Å². The number of hydrogen-bond acceptors (Lipinski definition) is 4. The largest absolute Gasteiger partial charge is 0.502 e. The first-order valence-corrected chi connectivity index (χ1v) is 5.30. The van der Waals surface area contributed by atoms with Gasteiger partial charge in [0.1, 0.15) is 0 Å². The number of nitro groups is 1. The van der Waals surface area contributed by atoms with Crippen LogP contribution in [0.15, 0.2) is 42.5 Å². The van der Waals surface area contributed by atoms with Crippen LogP contribution in [0.1, 0.15) is 5.56 Å². The summed E-state index contributed by atoms with van der Waals surface area (Å²) >= 11 is 0. The molecule has 0 saturated heterocycles. The van der Waals surface area contributed by atoms with Gasteiger partial charge in [-0.3, -0.25) is 10.1 Å². The maximum Gasteiger partial charge on any atom is 0.311 e. The summed E-state index contributed by atoms with van der Waals surface area (Å²) in [5, 5.41) is 29.4. The maximum atomic E-state index is 10.8. The van der Waals surface area contributed by atoms with E-state index in [0.29, 0.717) is 16.7 Å². The molecule has 0 unspecified atom stereocenters. The molecule has 0 amide bonds. The third-order valence-electron chi connectivity index (χ3n) is 2.67. The monoisotopic (exact) mass is 245 g/mol. The van der Waals surface area contributed by atoms with Gasteiger partial charge in [-0.05, 0) is 22.8 Å². The highest BCUT2D eigenvalue weighted by molar-refractivity contribution is 5.71. The third-order valence-corrected chi connectivity index (χ3v) is 2.67. The number of aromatic hydroxyl groups is 1. The summed E-state index contributed by atoms with van der Waals surface area (Å²) in [6.07, 6.45) is 0. The fourth-order valence-electron chi connectivity index (χ4n) is 1.78. The minimum Gasteiger partial charge on any atom is -0.502 e. The lowest BCUT2D eigenvalue weighted by Gasteiger charge is -2.07. The van der Waals surface area contributed by atoms with Crippen molar-refractivity contribution in [2.75, 3.05) is 0 Å². The van der Waals surface area contributed by atoms with E-state index in [2.05, 4.69) is 0 Å². The number of rotatable bonds is 3. The molecule has 2 rings (SSSR count). The van der Waals surface area contributed by atoms with Crippen molar-refractivity contribution in [3.63, 3.8) is 0 Å². The smallest absolute Gasteiger partial charge is 0.311 e. The van der Waals surface area contributed by atoms with Crippen molar-refractivity contribution in [2.24, 2.45) is 0 Å². The number of nitro benzene ring substituents is 1. The molecule has 0 spiro atoms. The predicted molar refractivity (Wildman–Crippen MR) is 66.1 cm³/mol. The van der Waals surface area contributed by atoms with Gasteiger partial charge >= 0.3 is 5.69 Å². The lowest BCUT2D eigenvalue weighted by molar-refractivity contribution is -0.385. The molecule has 0 fully saturated rings. The summed E-state index contributed by atoms with van der Waals surface area (Å²) in [7, 11) is 0. The second kappa shape index (κ2) is 4.85. The summed E-state index contributed by atoms with van der Waals surface area (Å²) in [4.78, 5) is 10.1. The molecule has 2 aromatic carbocycles. The van der Waals surface area contributed by atoms with Gasteiger partial charge in [0.15, 0.2) is 5.75 Å². The van der Waals surface area contributed by atoms with E-state index >= 15 is 0 Å². The van der Waals surface area contributed by atoms with Crippen molar-refractivity contribution in [3.8, 4) is 16.9 Å². The topological polar surface area (TPSA) is 83.6 Å².